The smallest absolute Gasteiger partial charge is 0.131 e. The summed E-state index contributed by atoms with van der Waals surface area (Å²) in [5.74, 6) is 0.280. The molecule has 1 saturated carbocycles. The number of ether oxygens (including phenoxy) is 1. The Balaban J connectivity index is 1.89. The van der Waals surface area contributed by atoms with Crippen LogP contribution in [0.5, 0.6) is 5.75 Å². The second-order valence-corrected chi connectivity index (χ2v) is 4.86. The van der Waals surface area contributed by atoms with Gasteiger partial charge in [0.15, 0.2) is 0 Å². The zero-order chi connectivity index (χ0) is 13.0. The van der Waals surface area contributed by atoms with Crippen molar-refractivity contribution in [2.24, 2.45) is 0 Å². The molecule has 100 valence electrons. The van der Waals surface area contributed by atoms with Gasteiger partial charge < -0.3 is 15.2 Å². The van der Waals surface area contributed by atoms with E-state index in [4.69, 9.17) is 4.74 Å². The summed E-state index contributed by atoms with van der Waals surface area (Å²) in [6.07, 6.45) is 3.52. The highest BCUT2D eigenvalue weighted by molar-refractivity contribution is 5.28. The molecule has 0 spiro atoms. The molecule has 1 aromatic carbocycles. The van der Waals surface area contributed by atoms with Crippen LogP contribution >= 0.6 is 0 Å². The van der Waals surface area contributed by atoms with E-state index in [1.165, 1.54) is 13.2 Å². The first-order valence-electron chi connectivity index (χ1n) is 6.43. The molecule has 0 saturated heterocycles. The van der Waals surface area contributed by atoms with Gasteiger partial charge in [-0.3, -0.25) is 0 Å². The number of hydrogen-bond donors (Lipinski definition) is 2. The lowest BCUT2D eigenvalue weighted by molar-refractivity contribution is 0.111. The molecule has 1 aliphatic carbocycles. The third-order valence-corrected chi connectivity index (χ3v) is 3.49. The Morgan fingerprint density at radius 3 is 2.94 bits per heavy atom. The maximum atomic E-state index is 13.7. The summed E-state index contributed by atoms with van der Waals surface area (Å²) in [4.78, 5) is 0. The van der Waals surface area contributed by atoms with Crippen LogP contribution in [0.2, 0.25) is 0 Å². The Kier molecular flexibility index (Phi) is 4.55. The fourth-order valence-electron chi connectivity index (χ4n) is 2.40. The van der Waals surface area contributed by atoms with Crippen LogP contribution in [0.1, 0.15) is 31.2 Å². The number of aliphatic hydroxyl groups excluding tert-OH is 1. The number of halogens is 1. The predicted molar refractivity (Wildman–Crippen MR) is 68.1 cm³/mol. The van der Waals surface area contributed by atoms with Gasteiger partial charge in [-0.25, -0.2) is 4.39 Å². The number of nitrogens with one attached hydrogen (secondary N) is 1. The van der Waals surface area contributed by atoms with Crippen molar-refractivity contribution in [3.8, 4) is 5.75 Å². The molecular formula is C14H20FNO2. The normalized spacial score (nSPS) is 23.9. The highest BCUT2D eigenvalue weighted by Crippen LogP contribution is 2.20. The first-order chi connectivity index (χ1) is 8.69. The molecule has 0 bridgehead atoms. The van der Waals surface area contributed by atoms with Crippen molar-refractivity contribution >= 4 is 0 Å². The maximum absolute atomic E-state index is 13.7. The number of rotatable bonds is 4. The maximum Gasteiger partial charge on any atom is 0.131 e. The standard InChI is InChI=1S/C14H20FNO2/c1-18-13-6-5-10(14(15)8-13)9-16-11-3-2-4-12(17)7-11/h5-6,8,11-12,16-17H,2-4,7,9H2,1H3/t11-,12+/m0/s1. The molecule has 18 heavy (non-hydrogen) atoms. The van der Waals surface area contributed by atoms with E-state index in [2.05, 4.69) is 5.32 Å². The number of methoxy groups -OCH3 is 1. The number of hydrogen-bond acceptors (Lipinski definition) is 3. The molecule has 0 unspecified atom stereocenters. The fourth-order valence-corrected chi connectivity index (χ4v) is 2.40. The summed E-state index contributed by atoms with van der Waals surface area (Å²) in [6.45, 7) is 0.493. The zero-order valence-corrected chi connectivity index (χ0v) is 10.7. The molecule has 4 heteroatoms. The molecule has 0 radical (unpaired) electrons. The van der Waals surface area contributed by atoms with Gasteiger partial charge in [0.25, 0.3) is 0 Å². The number of aliphatic hydroxyl groups is 1. The molecule has 0 heterocycles. The highest BCUT2D eigenvalue weighted by atomic mass is 19.1. The van der Waals surface area contributed by atoms with E-state index in [1.807, 2.05) is 0 Å². The molecule has 0 amide bonds. The molecule has 0 aliphatic heterocycles. The van der Waals surface area contributed by atoms with E-state index < -0.39 is 0 Å². The predicted octanol–water partition coefficient (Wildman–Crippen LogP) is 2.23. The second kappa shape index (κ2) is 6.16. The van der Waals surface area contributed by atoms with Crippen LogP contribution in [0.3, 0.4) is 0 Å². The Bertz CT molecular complexity index is 397. The summed E-state index contributed by atoms with van der Waals surface area (Å²) in [5.41, 5.74) is 0.635. The topological polar surface area (TPSA) is 41.5 Å². The van der Waals surface area contributed by atoms with Gasteiger partial charge in [-0.1, -0.05) is 6.07 Å². The minimum absolute atomic E-state index is 0.211. The van der Waals surface area contributed by atoms with Crippen molar-refractivity contribution in [1.82, 2.24) is 5.32 Å². The molecule has 2 N–H and O–H groups in total. The van der Waals surface area contributed by atoms with Crippen LogP contribution < -0.4 is 10.1 Å². The minimum Gasteiger partial charge on any atom is -0.497 e. The summed E-state index contributed by atoms with van der Waals surface area (Å²) in [5, 5.41) is 12.9. The van der Waals surface area contributed by atoms with Crippen molar-refractivity contribution < 1.29 is 14.2 Å². The zero-order valence-electron chi connectivity index (χ0n) is 10.7. The van der Waals surface area contributed by atoms with Crippen molar-refractivity contribution in [3.63, 3.8) is 0 Å². The molecule has 2 atom stereocenters. The lowest BCUT2D eigenvalue weighted by atomic mass is 9.93. The highest BCUT2D eigenvalue weighted by Gasteiger charge is 2.19. The van der Waals surface area contributed by atoms with Crippen LogP contribution in [-0.4, -0.2) is 24.4 Å². The van der Waals surface area contributed by atoms with Gasteiger partial charge in [-0.05, 0) is 31.7 Å². The van der Waals surface area contributed by atoms with Crippen molar-refractivity contribution in [1.29, 1.82) is 0 Å². The fraction of sp³-hybridized carbons (Fsp3) is 0.571. The van der Waals surface area contributed by atoms with E-state index in [1.54, 1.807) is 12.1 Å². The van der Waals surface area contributed by atoms with Gasteiger partial charge in [0.2, 0.25) is 0 Å². The Morgan fingerprint density at radius 1 is 1.44 bits per heavy atom. The molecular weight excluding hydrogens is 233 g/mol. The molecule has 1 aromatic rings. The van der Waals surface area contributed by atoms with E-state index in [-0.39, 0.29) is 18.0 Å². The van der Waals surface area contributed by atoms with Gasteiger partial charge in [0, 0.05) is 24.2 Å². The first-order valence-corrected chi connectivity index (χ1v) is 6.43. The molecule has 2 rings (SSSR count). The van der Waals surface area contributed by atoms with Crippen LogP contribution in [-0.2, 0) is 6.54 Å². The van der Waals surface area contributed by atoms with Gasteiger partial charge in [-0.2, -0.15) is 0 Å². The molecule has 0 aromatic heterocycles. The Hall–Kier alpha value is -1.13. The lowest BCUT2D eigenvalue weighted by Crippen LogP contribution is -2.35. The van der Waals surface area contributed by atoms with Crippen LogP contribution in [0.4, 0.5) is 4.39 Å². The van der Waals surface area contributed by atoms with E-state index >= 15 is 0 Å². The van der Waals surface area contributed by atoms with Gasteiger partial charge in [0.05, 0.1) is 13.2 Å². The largest absolute Gasteiger partial charge is 0.497 e. The summed E-state index contributed by atoms with van der Waals surface area (Å²) >= 11 is 0. The first kappa shape index (κ1) is 13.3. The van der Waals surface area contributed by atoms with Crippen molar-refractivity contribution in [2.45, 2.75) is 44.4 Å². The summed E-state index contributed by atoms with van der Waals surface area (Å²) < 4.78 is 18.7. The van der Waals surface area contributed by atoms with Crippen molar-refractivity contribution in [2.75, 3.05) is 7.11 Å². The quantitative estimate of drug-likeness (QED) is 0.864. The Labute approximate surface area is 107 Å². The number of benzene rings is 1. The summed E-state index contributed by atoms with van der Waals surface area (Å²) in [7, 11) is 1.52. The molecule has 1 fully saturated rings. The molecule has 3 nitrogen and oxygen atoms in total. The van der Waals surface area contributed by atoms with Gasteiger partial charge >= 0.3 is 0 Å². The SMILES string of the molecule is COc1ccc(CN[C@H]2CCC[C@@H](O)C2)c(F)c1. The van der Waals surface area contributed by atoms with Crippen LogP contribution in [0.15, 0.2) is 18.2 Å². The van der Waals surface area contributed by atoms with Crippen LogP contribution in [0.25, 0.3) is 0 Å². The van der Waals surface area contributed by atoms with E-state index in [0.29, 0.717) is 17.9 Å². The second-order valence-electron chi connectivity index (χ2n) is 4.86. The summed E-state index contributed by atoms with van der Waals surface area (Å²) in [6, 6.07) is 5.18. The van der Waals surface area contributed by atoms with Gasteiger partial charge in [-0.15, -0.1) is 0 Å². The van der Waals surface area contributed by atoms with Crippen molar-refractivity contribution in [3.05, 3.63) is 29.6 Å². The van der Waals surface area contributed by atoms with E-state index in [0.717, 1.165) is 25.7 Å². The third kappa shape index (κ3) is 3.43. The van der Waals surface area contributed by atoms with Crippen LogP contribution in [0, 0.1) is 5.82 Å². The van der Waals surface area contributed by atoms with Gasteiger partial charge in [0.1, 0.15) is 11.6 Å². The Morgan fingerprint density at radius 2 is 2.28 bits per heavy atom. The third-order valence-electron chi connectivity index (χ3n) is 3.49. The molecule has 1 aliphatic rings. The average molecular weight is 253 g/mol. The average Bonchev–Trinajstić information content (AvgIpc) is 2.37. The monoisotopic (exact) mass is 253 g/mol. The van der Waals surface area contributed by atoms with E-state index in [9.17, 15) is 9.50 Å². The minimum atomic E-state index is -0.252. The lowest BCUT2D eigenvalue weighted by Gasteiger charge is -2.26.